The van der Waals surface area contributed by atoms with Crippen molar-refractivity contribution in [1.82, 2.24) is 5.32 Å². The van der Waals surface area contributed by atoms with Gasteiger partial charge in [0, 0.05) is 25.0 Å². The first-order valence-electron chi connectivity index (χ1n) is 8.27. The van der Waals surface area contributed by atoms with Gasteiger partial charge in [-0.15, -0.1) is 0 Å². The zero-order valence-corrected chi connectivity index (χ0v) is 14.8. The quantitative estimate of drug-likeness (QED) is 0.699. The van der Waals surface area contributed by atoms with Crippen LogP contribution in [0.5, 0.6) is 5.75 Å². The molecule has 0 aromatic heterocycles. The lowest BCUT2D eigenvalue weighted by Crippen LogP contribution is -2.75. The minimum Gasteiger partial charge on any atom is -0.497 e. The first-order valence-corrected chi connectivity index (χ1v) is 8.27. The van der Waals surface area contributed by atoms with Crippen LogP contribution in [-0.4, -0.2) is 42.9 Å². The number of aliphatic hydroxyl groups excluding tert-OH is 1. The molecule has 1 aromatic carbocycles. The van der Waals surface area contributed by atoms with Gasteiger partial charge in [0.15, 0.2) is 0 Å². The van der Waals surface area contributed by atoms with Crippen LogP contribution in [0.1, 0.15) is 38.9 Å². The van der Waals surface area contributed by atoms with Gasteiger partial charge in [0.25, 0.3) is 0 Å². The minimum absolute atomic E-state index is 0.0263. The Labute approximate surface area is 143 Å². The molecule has 3 atom stereocenters. The Hall–Kier alpha value is -1.63. The number of hydrogen-bond donors (Lipinski definition) is 3. The lowest BCUT2D eigenvalue weighted by Gasteiger charge is -2.57. The van der Waals surface area contributed by atoms with E-state index in [1.807, 2.05) is 20.8 Å². The van der Waals surface area contributed by atoms with Crippen molar-refractivity contribution in [1.29, 1.82) is 0 Å². The second-order valence-corrected chi connectivity index (χ2v) is 6.84. The lowest BCUT2D eigenvalue weighted by atomic mass is 9.54. The Bertz CT molecular complexity index is 590. The number of aliphatic hydroxyl groups is 1. The summed E-state index contributed by atoms with van der Waals surface area (Å²) in [7, 11) is 1.57. The fraction of sp³-hybridized carbons (Fsp3) is 0.611. The number of hydrogen-bond acceptors (Lipinski definition) is 5. The first kappa shape index (κ1) is 18.7. The van der Waals surface area contributed by atoms with Gasteiger partial charge in [-0.1, -0.05) is 26.0 Å². The predicted molar refractivity (Wildman–Crippen MR) is 91.7 cm³/mol. The van der Waals surface area contributed by atoms with E-state index in [1.165, 1.54) is 0 Å². The molecule has 1 aliphatic carbocycles. The van der Waals surface area contributed by atoms with Crippen LogP contribution in [0.4, 0.5) is 0 Å². The molecule has 0 aliphatic heterocycles. The van der Waals surface area contributed by atoms with Crippen LogP contribution in [0.2, 0.25) is 0 Å². The normalized spacial score (nSPS) is 26.3. The molecule has 1 aromatic rings. The van der Waals surface area contributed by atoms with Gasteiger partial charge < -0.3 is 25.6 Å². The fourth-order valence-corrected chi connectivity index (χ4v) is 3.13. The van der Waals surface area contributed by atoms with Crippen molar-refractivity contribution in [3.63, 3.8) is 0 Å². The Balaban J connectivity index is 1.95. The van der Waals surface area contributed by atoms with Gasteiger partial charge in [-0.25, -0.2) is 0 Å². The van der Waals surface area contributed by atoms with E-state index in [9.17, 15) is 9.90 Å². The zero-order valence-electron chi connectivity index (χ0n) is 14.8. The molecule has 6 heteroatoms. The van der Waals surface area contributed by atoms with Crippen LogP contribution >= 0.6 is 0 Å². The van der Waals surface area contributed by atoms with Crippen LogP contribution < -0.4 is 15.8 Å². The third kappa shape index (κ3) is 3.27. The highest BCUT2D eigenvalue weighted by molar-refractivity contribution is 5.88. The number of benzene rings is 1. The van der Waals surface area contributed by atoms with E-state index in [-0.39, 0.29) is 18.6 Å². The van der Waals surface area contributed by atoms with E-state index in [4.69, 9.17) is 15.2 Å². The summed E-state index contributed by atoms with van der Waals surface area (Å²) < 4.78 is 10.8. The molecular weight excluding hydrogens is 308 g/mol. The van der Waals surface area contributed by atoms with Gasteiger partial charge in [0.2, 0.25) is 5.91 Å². The van der Waals surface area contributed by atoms with Crippen LogP contribution in [0.25, 0.3) is 0 Å². The third-order valence-electron chi connectivity index (χ3n) is 5.17. The number of amides is 1. The van der Waals surface area contributed by atoms with Crippen LogP contribution in [0.15, 0.2) is 24.3 Å². The number of ether oxygens (including phenoxy) is 2. The van der Waals surface area contributed by atoms with Crippen molar-refractivity contribution >= 4 is 5.91 Å². The maximum Gasteiger partial charge on any atom is 0.240 e. The van der Waals surface area contributed by atoms with Gasteiger partial charge >= 0.3 is 0 Å². The molecule has 1 fully saturated rings. The average molecular weight is 336 g/mol. The van der Waals surface area contributed by atoms with Crippen molar-refractivity contribution in [2.75, 3.05) is 20.3 Å². The Morgan fingerprint density at radius 2 is 2.21 bits per heavy atom. The molecule has 0 saturated heterocycles. The summed E-state index contributed by atoms with van der Waals surface area (Å²) >= 11 is 0. The average Bonchev–Trinajstić information content (AvgIpc) is 2.58. The number of carbonyl (C=O) groups is 1. The molecule has 4 N–H and O–H groups in total. The van der Waals surface area contributed by atoms with Crippen molar-refractivity contribution in [3.05, 3.63) is 29.8 Å². The molecule has 134 valence electrons. The van der Waals surface area contributed by atoms with Gasteiger partial charge in [0.05, 0.1) is 19.3 Å². The Kier molecular flexibility index (Phi) is 5.52. The minimum atomic E-state index is -0.985. The van der Waals surface area contributed by atoms with E-state index in [2.05, 4.69) is 5.32 Å². The van der Waals surface area contributed by atoms with Crippen LogP contribution in [-0.2, 0) is 9.53 Å². The fourth-order valence-electron chi connectivity index (χ4n) is 3.13. The van der Waals surface area contributed by atoms with E-state index < -0.39 is 17.1 Å². The molecule has 1 amide bonds. The molecule has 0 bridgehead atoms. The van der Waals surface area contributed by atoms with Gasteiger partial charge in [0.1, 0.15) is 11.3 Å². The van der Waals surface area contributed by atoms with E-state index >= 15 is 0 Å². The smallest absolute Gasteiger partial charge is 0.240 e. The van der Waals surface area contributed by atoms with Crippen molar-refractivity contribution in [3.8, 4) is 5.75 Å². The van der Waals surface area contributed by atoms with Gasteiger partial charge in [-0.05, 0) is 24.6 Å². The zero-order chi connectivity index (χ0) is 18.0. The number of rotatable bonds is 7. The molecule has 3 unspecified atom stereocenters. The standard InChI is InChI=1S/C18H28N2O4/c1-5-24-15-10-18(19,17(15,2)3)16(22)20-11-14(21)12-7-6-8-13(9-12)23-4/h6-9,14-15,21H,5,10-11,19H2,1-4H3,(H,20,22). The summed E-state index contributed by atoms with van der Waals surface area (Å²) in [4.78, 5) is 12.5. The molecular formula is C18H28N2O4. The molecule has 1 saturated carbocycles. The summed E-state index contributed by atoms with van der Waals surface area (Å²) in [6, 6.07) is 7.13. The van der Waals surface area contributed by atoms with Crippen LogP contribution in [0, 0.1) is 5.41 Å². The van der Waals surface area contributed by atoms with E-state index in [0.29, 0.717) is 24.3 Å². The molecule has 24 heavy (non-hydrogen) atoms. The molecule has 1 aliphatic rings. The molecule has 6 nitrogen and oxygen atoms in total. The van der Waals surface area contributed by atoms with Gasteiger partial charge in [-0.3, -0.25) is 4.79 Å². The van der Waals surface area contributed by atoms with Crippen molar-refractivity contribution in [2.45, 2.75) is 44.9 Å². The highest BCUT2D eigenvalue weighted by atomic mass is 16.5. The summed E-state index contributed by atoms with van der Waals surface area (Å²) in [6.45, 7) is 6.50. The topological polar surface area (TPSA) is 93.8 Å². The van der Waals surface area contributed by atoms with Crippen molar-refractivity contribution < 1.29 is 19.4 Å². The summed E-state index contributed by atoms with van der Waals surface area (Å²) in [5.41, 5.74) is 5.57. The number of methoxy groups -OCH3 is 1. The van der Waals surface area contributed by atoms with Crippen LogP contribution in [0.3, 0.4) is 0 Å². The third-order valence-corrected chi connectivity index (χ3v) is 5.17. The predicted octanol–water partition coefficient (Wildman–Crippen LogP) is 1.38. The van der Waals surface area contributed by atoms with E-state index in [0.717, 1.165) is 0 Å². The molecule has 0 radical (unpaired) electrons. The number of carbonyl (C=O) groups excluding carboxylic acids is 1. The monoisotopic (exact) mass is 336 g/mol. The lowest BCUT2D eigenvalue weighted by molar-refractivity contribution is -0.170. The second kappa shape index (κ2) is 7.09. The summed E-state index contributed by atoms with van der Waals surface area (Å²) in [6.07, 6.45) is -0.366. The summed E-state index contributed by atoms with van der Waals surface area (Å²) in [5.74, 6) is 0.401. The Morgan fingerprint density at radius 3 is 2.79 bits per heavy atom. The first-order chi connectivity index (χ1) is 11.3. The maximum absolute atomic E-state index is 12.5. The molecule has 2 rings (SSSR count). The molecule has 0 heterocycles. The number of nitrogens with two attached hydrogens (primary N) is 1. The summed E-state index contributed by atoms with van der Waals surface area (Å²) in [5, 5.41) is 13.0. The highest BCUT2D eigenvalue weighted by Gasteiger charge is 2.62. The highest BCUT2D eigenvalue weighted by Crippen LogP contribution is 2.49. The van der Waals surface area contributed by atoms with Crippen molar-refractivity contribution in [2.24, 2.45) is 11.1 Å². The SMILES string of the molecule is CCOC1CC(N)(C(=O)NCC(O)c2cccc(OC)c2)C1(C)C. The number of nitrogens with one attached hydrogen (secondary N) is 1. The second-order valence-electron chi connectivity index (χ2n) is 6.84. The largest absolute Gasteiger partial charge is 0.497 e. The maximum atomic E-state index is 12.5. The molecule has 0 spiro atoms. The van der Waals surface area contributed by atoms with Gasteiger partial charge in [-0.2, -0.15) is 0 Å². The van der Waals surface area contributed by atoms with E-state index in [1.54, 1.807) is 31.4 Å². The Morgan fingerprint density at radius 1 is 1.50 bits per heavy atom.